The molecule has 4 rings (SSSR count). The van der Waals surface area contributed by atoms with Gasteiger partial charge in [0.15, 0.2) is 5.78 Å². The first-order valence-corrected chi connectivity index (χ1v) is 8.17. The largest absolute Gasteiger partial charge is 0.508 e. The van der Waals surface area contributed by atoms with Gasteiger partial charge >= 0.3 is 0 Å². The lowest BCUT2D eigenvalue weighted by atomic mass is 9.82. The van der Waals surface area contributed by atoms with E-state index in [0.717, 1.165) is 18.2 Å². The van der Waals surface area contributed by atoms with Crippen molar-refractivity contribution in [2.75, 3.05) is 5.32 Å². The number of nitro benzene ring substituents is 1. The first-order chi connectivity index (χ1) is 13.4. The third-order valence-electron chi connectivity index (χ3n) is 4.47. The highest BCUT2D eigenvalue weighted by atomic mass is 16.6. The van der Waals surface area contributed by atoms with Gasteiger partial charge in [-0.15, -0.1) is 0 Å². The van der Waals surface area contributed by atoms with Crippen LogP contribution in [0.3, 0.4) is 0 Å². The summed E-state index contributed by atoms with van der Waals surface area (Å²) in [5.74, 6) is -2.31. The molecule has 0 saturated heterocycles. The Bertz CT molecular complexity index is 1170. The normalized spacial score (nSPS) is 12.3. The Balaban J connectivity index is 2.00. The molecule has 0 amide bonds. The van der Waals surface area contributed by atoms with Crippen LogP contribution in [0.5, 0.6) is 11.5 Å². The molecule has 8 nitrogen and oxygen atoms in total. The van der Waals surface area contributed by atoms with E-state index in [1.165, 1.54) is 6.07 Å². The molecule has 0 spiro atoms. The Morgan fingerprint density at radius 3 is 2.25 bits per heavy atom. The third-order valence-corrected chi connectivity index (χ3v) is 4.47. The molecule has 0 fully saturated rings. The van der Waals surface area contributed by atoms with E-state index in [2.05, 4.69) is 5.32 Å². The van der Waals surface area contributed by atoms with Crippen molar-refractivity contribution in [1.29, 1.82) is 0 Å². The topological polar surface area (TPSA) is 130 Å². The van der Waals surface area contributed by atoms with E-state index in [-0.39, 0.29) is 39.4 Å². The highest BCUT2D eigenvalue weighted by Gasteiger charge is 2.37. The molecule has 0 radical (unpaired) electrons. The van der Waals surface area contributed by atoms with Crippen molar-refractivity contribution < 1.29 is 24.7 Å². The number of rotatable bonds is 3. The second-order valence-corrected chi connectivity index (χ2v) is 6.18. The molecule has 3 aromatic rings. The fraction of sp³-hybridized carbons (Fsp3) is 0. The summed E-state index contributed by atoms with van der Waals surface area (Å²) < 4.78 is 0. The molecule has 0 aromatic heterocycles. The van der Waals surface area contributed by atoms with Crippen molar-refractivity contribution in [3.63, 3.8) is 0 Å². The van der Waals surface area contributed by atoms with Gasteiger partial charge in [0.25, 0.3) is 5.69 Å². The van der Waals surface area contributed by atoms with Gasteiger partial charge in [-0.3, -0.25) is 19.7 Å². The number of carbonyl (C=O) groups is 2. The van der Waals surface area contributed by atoms with Gasteiger partial charge in [-0.05, 0) is 24.3 Å². The maximum atomic E-state index is 13.1. The van der Waals surface area contributed by atoms with Crippen molar-refractivity contribution in [2.24, 2.45) is 0 Å². The minimum atomic E-state index is -0.746. The molecule has 8 heteroatoms. The fourth-order valence-electron chi connectivity index (χ4n) is 3.26. The summed E-state index contributed by atoms with van der Waals surface area (Å²) >= 11 is 0. The van der Waals surface area contributed by atoms with Crippen molar-refractivity contribution in [3.8, 4) is 11.5 Å². The molecule has 1 aliphatic carbocycles. The molecule has 0 aliphatic heterocycles. The van der Waals surface area contributed by atoms with E-state index in [4.69, 9.17) is 0 Å². The van der Waals surface area contributed by atoms with Crippen molar-refractivity contribution in [3.05, 3.63) is 87.0 Å². The first kappa shape index (κ1) is 17.2. The number of aromatic hydroxyl groups is 2. The second kappa shape index (κ2) is 6.20. The van der Waals surface area contributed by atoms with Gasteiger partial charge in [-0.1, -0.05) is 18.2 Å². The Labute approximate surface area is 157 Å². The highest BCUT2D eigenvalue weighted by Crippen LogP contribution is 2.42. The average molecular weight is 376 g/mol. The summed E-state index contributed by atoms with van der Waals surface area (Å²) in [6.45, 7) is 0. The lowest BCUT2D eigenvalue weighted by Gasteiger charge is -2.21. The Hall–Kier alpha value is -4.20. The van der Waals surface area contributed by atoms with Crippen LogP contribution in [0.4, 0.5) is 17.1 Å². The summed E-state index contributed by atoms with van der Waals surface area (Å²) in [5, 5.41) is 34.2. The Morgan fingerprint density at radius 1 is 0.857 bits per heavy atom. The molecule has 3 N–H and O–H groups in total. The number of para-hydroxylation sites is 1. The highest BCUT2D eigenvalue weighted by molar-refractivity contribution is 6.31. The van der Waals surface area contributed by atoms with Gasteiger partial charge in [0, 0.05) is 28.9 Å². The maximum absolute atomic E-state index is 13.1. The van der Waals surface area contributed by atoms with Crippen LogP contribution in [0.1, 0.15) is 31.8 Å². The van der Waals surface area contributed by atoms with Gasteiger partial charge in [0.05, 0.1) is 16.1 Å². The van der Waals surface area contributed by atoms with Crippen molar-refractivity contribution >= 4 is 28.6 Å². The molecule has 138 valence electrons. The Kier molecular flexibility index (Phi) is 3.82. The second-order valence-electron chi connectivity index (χ2n) is 6.18. The van der Waals surface area contributed by atoms with Gasteiger partial charge in [0.1, 0.15) is 17.2 Å². The van der Waals surface area contributed by atoms with Crippen molar-refractivity contribution in [1.82, 2.24) is 0 Å². The number of hydrogen-bond donors (Lipinski definition) is 3. The summed E-state index contributed by atoms with van der Waals surface area (Å²) in [7, 11) is 0. The predicted octanol–water partition coefficient (Wildman–Crippen LogP) is 3.53. The molecule has 1 aliphatic rings. The zero-order chi connectivity index (χ0) is 20.0. The number of phenolic OH excluding ortho intramolecular Hbond substituents is 2. The van der Waals surface area contributed by atoms with E-state index in [1.807, 2.05) is 0 Å². The zero-order valence-electron chi connectivity index (χ0n) is 14.2. The molecule has 0 heterocycles. The number of nitrogens with zero attached hydrogens (tertiary/aromatic N) is 1. The number of nitro groups is 1. The van der Waals surface area contributed by atoms with Crippen LogP contribution in [-0.2, 0) is 0 Å². The zero-order valence-corrected chi connectivity index (χ0v) is 14.2. The number of fused-ring (bicyclic) bond motifs is 2. The number of carbonyl (C=O) groups excluding carboxylic acids is 2. The summed E-state index contributed by atoms with van der Waals surface area (Å²) in [6.07, 6.45) is 0. The minimum absolute atomic E-state index is 0.0495. The van der Waals surface area contributed by atoms with E-state index in [1.54, 1.807) is 30.3 Å². The van der Waals surface area contributed by atoms with Gasteiger partial charge in [-0.2, -0.15) is 0 Å². The van der Waals surface area contributed by atoms with Gasteiger partial charge in [-0.25, -0.2) is 0 Å². The summed E-state index contributed by atoms with van der Waals surface area (Å²) in [6, 6.07) is 12.9. The molecule has 28 heavy (non-hydrogen) atoms. The average Bonchev–Trinajstić information content (AvgIpc) is 2.65. The number of nitrogens with one attached hydrogen (secondary N) is 1. The SMILES string of the molecule is O=C1c2cc(O)cc(O)c2C(=O)c2c1ccc([N+](=O)[O-])c2Nc1ccccc1. The molecule has 3 aromatic carbocycles. The molecule has 0 saturated carbocycles. The van der Waals surface area contributed by atoms with E-state index in [9.17, 15) is 29.9 Å². The molecule has 0 bridgehead atoms. The van der Waals surface area contributed by atoms with Crippen LogP contribution in [0.15, 0.2) is 54.6 Å². The van der Waals surface area contributed by atoms with Crippen LogP contribution in [-0.4, -0.2) is 26.7 Å². The number of hydrogen-bond acceptors (Lipinski definition) is 7. The minimum Gasteiger partial charge on any atom is -0.508 e. The smallest absolute Gasteiger partial charge is 0.293 e. The molecular formula is C20H12N2O6. The van der Waals surface area contributed by atoms with Crippen LogP contribution in [0, 0.1) is 10.1 Å². The lowest BCUT2D eigenvalue weighted by Crippen LogP contribution is -2.23. The van der Waals surface area contributed by atoms with E-state index < -0.39 is 22.2 Å². The number of anilines is 2. The van der Waals surface area contributed by atoms with Crippen LogP contribution >= 0.6 is 0 Å². The predicted molar refractivity (Wildman–Crippen MR) is 99.5 cm³/mol. The van der Waals surface area contributed by atoms with Crippen LogP contribution < -0.4 is 5.32 Å². The maximum Gasteiger partial charge on any atom is 0.293 e. The summed E-state index contributed by atoms with van der Waals surface area (Å²) in [5.41, 5.74) is -0.736. The van der Waals surface area contributed by atoms with E-state index >= 15 is 0 Å². The third kappa shape index (κ3) is 2.55. The number of ketones is 2. The first-order valence-electron chi connectivity index (χ1n) is 8.17. The molecular weight excluding hydrogens is 364 g/mol. The lowest BCUT2D eigenvalue weighted by molar-refractivity contribution is -0.383. The standard InChI is InChI=1S/C20H12N2O6/c23-11-8-13-16(15(24)9-11)20(26)17-12(19(13)25)6-7-14(22(27)28)18(17)21-10-4-2-1-3-5-10/h1-9,21,23-24H. The van der Waals surface area contributed by atoms with E-state index in [0.29, 0.717) is 5.69 Å². The monoisotopic (exact) mass is 376 g/mol. The molecule has 0 unspecified atom stereocenters. The number of benzene rings is 3. The number of phenols is 2. The van der Waals surface area contributed by atoms with Gasteiger partial charge in [0.2, 0.25) is 5.78 Å². The fourth-order valence-corrected chi connectivity index (χ4v) is 3.26. The Morgan fingerprint density at radius 2 is 1.57 bits per heavy atom. The van der Waals surface area contributed by atoms with Crippen LogP contribution in [0.25, 0.3) is 0 Å². The summed E-state index contributed by atoms with van der Waals surface area (Å²) in [4.78, 5) is 36.9. The van der Waals surface area contributed by atoms with Crippen molar-refractivity contribution in [2.45, 2.75) is 0 Å². The van der Waals surface area contributed by atoms with Gasteiger partial charge < -0.3 is 15.5 Å². The van der Waals surface area contributed by atoms with Crippen LogP contribution in [0.2, 0.25) is 0 Å². The molecule has 0 atom stereocenters. The quantitative estimate of drug-likeness (QED) is 0.368.